The molecule has 0 aliphatic heterocycles. The van der Waals surface area contributed by atoms with Crippen LogP contribution in [-0.4, -0.2) is 36.2 Å². The first-order valence-electron chi connectivity index (χ1n) is 4.68. The van der Waals surface area contributed by atoms with Crippen LogP contribution in [0.4, 0.5) is 0 Å². The van der Waals surface area contributed by atoms with Gasteiger partial charge >= 0.3 is 26.2 Å². The first-order valence-corrected chi connectivity index (χ1v) is 4.68. The van der Waals surface area contributed by atoms with Crippen LogP contribution in [0, 0.1) is 13.8 Å². The SMILES string of the molecule is CCc1ccc(OB(O)O)c(C)c1C.[LiH]. The number of hydrogen-bond acceptors (Lipinski definition) is 3. The van der Waals surface area contributed by atoms with Crippen LogP contribution in [0.25, 0.3) is 0 Å². The van der Waals surface area contributed by atoms with Gasteiger partial charge in [0.05, 0.1) is 0 Å². The van der Waals surface area contributed by atoms with E-state index in [1.54, 1.807) is 6.07 Å². The van der Waals surface area contributed by atoms with Gasteiger partial charge in [-0.1, -0.05) is 13.0 Å². The van der Waals surface area contributed by atoms with Crippen molar-refractivity contribution in [3.63, 3.8) is 0 Å². The Hall–Kier alpha value is -0.398. The topological polar surface area (TPSA) is 49.7 Å². The Bertz CT molecular complexity index is 329. The molecular weight excluding hydrogens is 186 g/mol. The fourth-order valence-corrected chi connectivity index (χ4v) is 1.48. The van der Waals surface area contributed by atoms with Crippen LogP contribution < -0.4 is 4.65 Å². The summed E-state index contributed by atoms with van der Waals surface area (Å²) in [7, 11) is -1.75. The van der Waals surface area contributed by atoms with E-state index in [1.165, 1.54) is 5.56 Å². The van der Waals surface area contributed by atoms with Crippen molar-refractivity contribution in [2.24, 2.45) is 0 Å². The minimum atomic E-state index is -1.75. The van der Waals surface area contributed by atoms with Crippen molar-refractivity contribution >= 4 is 26.2 Å². The molecule has 0 fully saturated rings. The third kappa shape index (κ3) is 3.58. The van der Waals surface area contributed by atoms with Gasteiger partial charge < -0.3 is 14.7 Å². The standard InChI is InChI=1S/C10H15BO3.Li.H/c1-4-9-5-6-10(14-11(12)13)8(3)7(9)2;;/h5-6,12-13H,4H2,1-3H3;;. The summed E-state index contributed by atoms with van der Waals surface area (Å²) in [5.74, 6) is 0.523. The third-order valence-electron chi connectivity index (χ3n) is 2.46. The van der Waals surface area contributed by atoms with E-state index in [2.05, 4.69) is 6.92 Å². The molecule has 0 bridgehead atoms. The molecule has 3 nitrogen and oxygen atoms in total. The van der Waals surface area contributed by atoms with E-state index in [1.807, 2.05) is 19.9 Å². The van der Waals surface area contributed by atoms with E-state index in [-0.39, 0.29) is 18.9 Å². The summed E-state index contributed by atoms with van der Waals surface area (Å²) in [6.07, 6.45) is 0.967. The Kier molecular flexibility index (Phi) is 6.08. The average Bonchev–Trinajstić information content (AvgIpc) is 2.13. The van der Waals surface area contributed by atoms with Gasteiger partial charge in [0.25, 0.3) is 0 Å². The zero-order chi connectivity index (χ0) is 10.7. The van der Waals surface area contributed by atoms with Crippen LogP contribution in [0.15, 0.2) is 12.1 Å². The molecule has 15 heavy (non-hydrogen) atoms. The fraction of sp³-hybridized carbons (Fsp3) is 0.400. The number of aryl methyl sites for hydroxylation is 1. The van der Waals surface area contributed by atoms with Gasteiger partial charge in [0.2, 0.25) is 0 Å². The summed E-state index contributed by atoms with van der Waals surface area (Å²) in [5, 5.41) is 17.4. The number of hydrogen-bond donors (Lipinski definition) is 2. The maximum atomic E-state index is 8.68. The summed E-state index contributed by atoms with van der Waals surface area (Å²) >= 11 is 0. The van der Waals surface area contributed by atoms with Crippen molar-refractivity contribution < 1.29 is 14.7 Å². The molecular formula is C10H16BLiO3. The van der Waals surface area contributed by atoms with Gasteiger partial charge in [-0.3, -0.25) is 0 Å². The molecule has 0 amide bonds. The van der Waals surface area contributed by atoms with E-state index in [4.69, 9.17) is 14.7 Å². The first kappa shape index (κ1) is 14.6. The molecule has 5 heteroatoms. The molecule has 0 saturated heterocycles. The second kappa shape index (κ2) is 6.24. The van der Waals surface area contributed by atoms with Crippen LogP contribution in [-0.2, 0) is 6.42 Å². The summed E-state index contributed by atoms with van der Waals surface area (Å²) in [6.45, 7) is 6.00. The van der Waals surface area contributed by atoms with Crippen LogP contribution in [0.2, 0.25) is 0 Å². The molecule has 1 aromatic rings. The molecule has 0 heterocycles. The molecule has 0 atom stereocenters. The van der Waals surface area contributed by atoms with Crippen LogP contribution in [0.5, 0.6) is 5.75 Å². The first-order chi connectivity index (χ1) is 6.56. The predicted molar refractivity (Wildman–Crippen MR) is 63.3 cm³/mol. The molecule has 0 aliphatic carbocycles. The Morgan fingerprint density at radius 2 is 1.80 bits per heavy atom. The Balaban J connectivity index is 0.00000196. The second-order valence-electron chi connectivity index (χ2n) is 3.27. The maximum absolute atomic E-state index is 8.68. The molecule has 0 spiro atoms. The molecule has 1 rings (SSSR count). The van der Waals surface area contributed by atoms with Gasteiger partial charge in [-0.25, -0.2) is 0 Å². The summed E-state index contributed by atoms with van der Waals surface area (Å²) in [6, 6.07) is 3.71. The third-order valence-corrected chi connectivity index (χ3v) is 2.46. The predicted octanol–water partition coefficient (Wildman–Crippen LogP) is 0.566. The fourth-order valence-electron chi connectivity index (χ4n) is 1.48. The molecule has 0 unspecified atom stereocenters. The minimum absolute atomic E-state index is 0. The quantitative estimate of drug-likeness (QED) is 0.704. The number of rotatable bonds is 3. The summed E-state index contributed by atoms with van der Waals surface area (Å²) in [4.78, 5) is 0. The van der Waals surface area contributed by atoms with Crippen molar-refractivity contribution in [3.8, 4) is 5.75 Å². The second-order valence-corrected chi connectivity index (χ2v) is 3.27. The summed E-state index contributed by atoms with van der Waals surface area (Å²) in [5.41, 5.74) is 3.35. The Morgan fingerprint density at radius 1 is 1.20 bits per heavy atom. The monoisotopic (exact) mass is 202 g/mol. The Morgan fingerprint density at radius 3 is 2.27 bits per heavy atom. The normalized spacial score (nSPS) is 9.40. The molecule has 0 saturated carbocycles. The molecule has 0 aromatic heterocycles. The van der Waals surface area contributed by atoms with Gasteiger partial charge in [-0.05, 0) is 43.0 Å². The van der Waals surface area contributed by atoms with Crippen molar-refractivity contribution in [3.05, 3.63) is 28.8 Å². The molecule has 0 aliphatic rings. The van der Waals surface area contributed by atoms with Crippen molar-refractivity contribution in [1.82, 2.24) is 0 Å². The van der Waals surface area contributed by atoms with Gasteiger partial charge in [-0.15, -0.1) is 0 Å². The van der Waals surface area contributed by atoms with Gasteiger partial charge in [-0.2, -0.15) is 0 Å². The van der Waals surface area contributed by atoms with Crippen LogP contribution >= 0.6 is 0 Å². The van der Waals surface area contributed by atoms with Crippen molar-refractivity contribution in [2.75, 3.05) is 0 Å². The molecule has 0 radical (unpaired) electrons. The molecule has 2 N–H and O–H groups in total. The van der Waals surface area contributed by atoms with Gasteiger partial charge in [0.15, 0.2) is 0 Å². The molecule has 1 aromatic carbocycles. The van der Waals surface area contributed by atoms with E-state index < -0.39 is 7.32 Å². The van der Waals surface area contributed by atoms with Crippen LogP contribution in [0.1, 0.15) is 23.6 Å². The van der Waals surface area contributed by atoms with Crippen LogP contribution in [0.3, 0.4) is 0 Å². The van der Waals surface area contributed by atoms with Crippen molar-refractivity contribution in [2.45, 2.75) is 27.2 Å². The molecule has 78 valence electrons. The van der Waals surface area contributed by atoms with Gasteiger partial charge in [0, 0.05) is 0 Å². The van der Waals surface area contributed by atoms with E-state index in [0.717, 1.165) is 17.5 Å². The van der Waals surface area contributed by atoms with Crippen molar-refractivity contribution in [1.29, 1.82) is 0 Å². The Labute approximate surface area is 103 Å². The van der Waals surface area contributed by atoms with E-state index >= 15 is 0 Å². The van der Waals surface area contributed by atoms with E-state index in [9.17, 15) is 0 Å². The zero-order valence-corrected chi connectivity index (χ0v) is 8.74. The summed E-state index contributed by atoms with van der Waals surface area (Å²) < 4.78 is 4.84. The number of benzene rings is 1. The van der Waals surface area contributed by atoms with E-state index in [0.29, 0.717) is 5.75 Å². The van der Waals surface area contributed by atoms with Gasteiger partial charge in [0.1, 0.15) is 5.75 Å². The zero-order valence-electron chi connectivity index (χ0n) is 8.74. The average molecular weight is 202 g/mol.